The molecule has 0 saturated heterocycles. The minimum absolute atomic E-state index is 0.119. The van der Waals surface area contributed by atoms with Gasteiger partial charge in [-0.2, -0.15) is 5.10 Å². The van der Waals surface area contributed by atoms with Crippen LogP contribution < -0.4 is 14.9 Å². The lowest BCUT2D eigenvalue weighted by molar-refractivity contribution is -0.384. The number of ether oxygens (including phenoxy) is 2. The van der Waals surface area contributed by atoms with Crippen molar-refractivity contribution >= 4 is 23.8 Å². The largest absolute Gasteiger partial charge is 0.483 e. The molecule has 0 aliphatic carbocycles. The number of non-ortho nitro benzene ring substituents is 1. The standard InChI is InChI=1S/C23H19N3O6/c1-16-5-2-3-8-21(16)31-15-22(27)25-24-14-17-6-4-7-20(13-17)32-23(28)18-9-11-19(12-10-18)26(29)30/h2-14H,15H2,1H3,(H,25,27)/b24-14+. The van der Waals surface area contributed by atoms with Crippen LogP contribution >= 0.6 is 0 Å². The minimum atomic E-state index is -0.657. The summed E-state index contributed by atoms with van der Waals surface area (Å²) >= 11 is 0. The highest BCUT2D eigenvalue weighted by Gasteiger charge is 2.11. The number of hydrazone groups is 1. The van der Waals surface area contributed by atoms with Crippen molar-refractivity contribution in [2.45, 2.75) is 6.92 Å². The first kappa shape index (κ1) is 22.2. The lowest BCUT2D eigenvalue weighted by Crippen LogP contribution is -2.24. The van der Waals surface area contributed by atoms with Crippen LogP contribution in [-0.4, -0.2) is 29.6 Å². The zero-order chi connectivity index (χ0) is 22.9. The van der Waals surface area contributed by atoms with Crippen molar-refractivity contribution in [1.82, 2.24) is 5.43 Å². The topological polar surface area (TPSA) is 120 Å². The molecule has 0 aliphatic rings. The molecule has 9 nitrogen and oxygen atoms in total. The van der Waals surface area contributed by atoms with Gasteiger partial charge in [0.05, 0.1) is 16.7 Å². The summed E-state index contributed by atoms with van der Waals surface area (Å²) in [5.41, 5.74) is 3.92. The van der Waals surface area contributed by atoms with Crippen molar-refractivity contribution in [2.75, 3.05) is 6.61 Å². The van der Waals surface area contributed by atoms with Crippen LogP contribution in [0.5, 0.6) is 11.5 Å². The molecule has 0 fully saturated rings. The van der Waals surface area contributed by atoms with Gasteiger partial charge in [0, 0.05) is 12.1 Å². The van der Waals surface area contributed by atoms with Crippen LogP contribution in [0, 0.1) is 17.0 Å². The molecular weight excluding hydrogens is 414 g/mol. The monoisotopic (exact) mass is 433 g/mol. The summed E-state index contributed by atoms with van der Waals surface area (Å²) < 4.78 is 10.7. The average Bonchev–Trinajstić information content (AvgIpc) is 2.79. The van der Waals surface area contributed by atoms with E-state index < -0.39 is 16.8 Å². The number of carbonyl (C=O) groups excluding carboxylic acids is 2. The van der Waals surface area contributed by atoms with Gasteiger partial charge >= 0.3 is 5.97 Å². The molecule has 0 spiro atoms. The molecule has 0 saturated carbocycles. The molecule has 3 aromatic rings. The molecule has 0 bridgehead atoms. The molecule has 32 heavy (non-hydrogen) atoms. The van der Waals surface area contributed by atoms with Gasteiger partial charge in [-0.25, -0.2) is 10.2 Å². The van der Waals surface area contributed by atoms with Crippen LogP contribution in [0.3, 0.4) is 0 Å². The predicted octanol–water partition coefficient (Wildman–Crippen LogP) is 3.65. The molecule has 1 N–H and O–H groups in total. The maximum Gasteiger partial charge on any atom is 0.343 e. The Labute approximate surface area is 183 Å². The van der Waals surface area contributed by atoms with E-state index in [0.717, 1.165) is 5.56 Å². The van der Waals surface area contributed by atoms with E-state index in [2.05, 4.69) is 10.5 Å². The summed E-state index contributed by atoms with van der Waals surface area (Å²) in [5, 5.41) is 14.6. The normalized spacial score (nSPS) is 10.5. The Morgan fingerprint density at radius 3 is 2.53 bits per heavy atom. The number of benzene rings is 3. The van der Waals surface area contributed by atoms with Crippen molar-refractivity contribution in [3.8, 4) is 11.5 Å². The lowest BCUT2D eigenvalue weighted by atomic mass is 10.2. The zero-order valence-electron chi connectivity index (χ0n) is 17.1. The predicted molar refractivity (Wildman–Crippen MR) is 117 cm³/mol. The number of nitrogens with one attached hydrogen (secondary N) is 1. The molecular formula is C23H19N3O6. The zero-order valence-corrected chi connectivity index (χ0v) is 17.1. The summed E-state index contributed by atoms with van der Waals surface area (Å²) in [6.45, 7) is 1.70. The minimum Gasteiger partial charge on any atom is -0.483 e. The molecule has 0 radical (unpaired) electrons. The van der Waals surface area contributed by atoms with Crippen LogP contribution in [-0.2, 0) is 4.79 Å². The van der Waals surface area contributed by atoms with E-state index >= 15 is 0 Å². The lowest BCUT2D eigenvalue weighted by Gasteiger charge is -2.07. The van der Waals surface area contributed by atoms with Gasteiger partial charge in [0.1, 0.15) is 11.5 Å². The highest BCUT2D eigenvalue weighted by Crippen LogP contribution is 2.17. The highest BCUT2D eigenvalue weighted by atomic mass is 16.6. The first-order valence-corrected chi connectivity index (χ1v) is 9.49. The number of amides is 1. The van der Waals surface area contributed by atoms with E-state index in [0.29, 0.717) is 11.3 Å². The third-order valence-corrected chi connectivity index (χ3v) is 4.24. The van der Waals surface area contributed by atoms with Gasteiger partial charge in [0.25, 0.3) is 11.6 Å². The van der Waals surface area contributed by atoms with Crippen LogP contribution in [0.4, 0.5) is 5.69 Å². The molecule has 1 amide bonds. The van der Waals surface area contributed by atoms with Gasteiger partial charge < -0.3 is 9.47 Å². The van der Waals surface area contributed by atoms with Gasteiger partial charge in [-0.05, 0) is 48.4 Å². The number of nitro benzene ring substituents is 1. The number of nitrogens with zero attached hydrogens (tertiary/aromatic N) is 2. The van der Waals surface area contributed by atoms with Crippen molar-refractivity contribution in [1.29, 1.82) is 0 Å². The fourth-order valence-electron chi connectivity index (χ4n) is 2.62. The third kappa shape index (κ3) is 6.23. The van der Waals surface area contributed by atoms with Crippen molar-refractivity contribution in [2.24, 2.45) is 5.10 Å². The SMILES string of the molecule is Cc1ccccc1OCC(=O)N/N=C/c1cccc(OC(=O)c2ccc([N+](=O)[O-])cc2)c1. The molecule has 0 aromatic heterocycles. The summed E-state index contributed by atoms with van der Waals surface area (Å²) in [7, 11) is 0. The molecule has 9 heteroatoms. The highest BCUT2D eigenvalue weighted by molar-refractivity contribution is 5.91. The molecule has 3 rings (SSSR count). The van der Waals surface area contributed by atoms with Crippen LogP contribution in [0.25, 0.3) is 0 Å². The maximum absolute atomic E-state index is 12.2. The summed E-state index contributed by atoms with van der Waals surface area (Å²) in [5.74, 6) is -0.207. The van der Waals surface area contributed by atoms with Gasteiger partial charge in [-0.1, -0.05) is 30.3 Å². The van der Waals surface area contributed by atoms with E-state index in [1.54, 1.807) is 30.3 Å². The second-order valence-electron chi connectivity index (χ2n) is 6.61. The van der Waals surface area contributed by atoms with Crippen LogP contribution in [0.2, 0.25) is 0 Å². The number of para-hydroxylation sites is 1. The fourth-order valence-corrected chi connectivity index (χ4v) is 2.62. The quantitative estimate of drug-likeness (QED) is 0.190. The number of aryl methyl sites for hydroxylation is 1. The van der Waals surface area contributed by atoms with Gasteiger partial charge in [-0.15, -0.1) is 0 Å². The molecule has 162 valence electrons. The van der Waals surface area contributed by atoms with E-state index in [1.165, 1.54) is 30.5 Å². The smallest absolute Gasteiger partial charge is 0.343 e. The first-order valence-electron chi connectivity index (χ1n) is 9.49. The van der Waals surface area contributed by atoms with Crippen molar-refractivity contribution < 1.29 is 24.0 Å². The van der Waals surface area contributed by atoms with Gasteiger partial charge in [-0.3, -0.25) is 14.9 Å². The van der Waals surface area contributed by atoms with E-state index in [-0.39, 0.29) is 23.6 Å². The molecule has 0 heterocycles. The Bertz CT molecular complexity index is 1160. The summed E-state index contributed by atoms with van der Waals surface area (Å²) in [6.07, 6.45) is 1.40. The molecule has 3 aromatic carbocycles. The van der Waals surface area contributed by atoms with Crippen LogP contribution in [0.1, 0.15) is 21.5 Å². The number of nitro groups is 1. The van der Waals surface area contributed by atoms with Crippen LogP contribution in [0.15, 0.2) is 77.9 Å². The van der Waals surface area contributed by atoms with Crippen molar-refractivity contribution in [3.63, 3.8) is 0 Å². The van der Waals surface area contributed by atoms with Crippen molar-refractivity contribution in [3.05, 3.63) is 99.6 Å². The number of hydrogen-bond donors (Lipinski definition) is 1. The first-order chi connectivity index (χ1) is 15.4. The van der Waals surface area contributed by atoms with Gasteiger partial charge in [0.15, 0.2) is 6.61 Å². The van der Waals surface area contributed by atoms with E-state index in [1.807, 2.05) is 25.1 Å². The van der Waals surface area contributed by atoms with E-state index in [4.69, 9.17) is 9.47 Å². The Morgan fingerprint density at radius 2 is 1.81 bits per heavy atom. The molecule has 0 unspecified atom stereocenters. The Morgan fingerprint density at radius 1 is 1.06 bits per heavy atom. The second-order valence-corrected chi connectivity index (χ2v) is 6.61. The average molecular weight is 433 g/mol. The summed E-state index contributed by atoms with van der Waals surface area (Å²) in [6, 6.07) is 19.0. The molecule has 0 atom stereocenters. The van der Waals surface area contributed by atoms with E-state index in [9.17, 15) is 19.7 Å². The third-order valence-electron chi connectivity index (χ3n) is 4.24. The Kier molecular flexibility index (Phi) is 7.26. The molecule has 0 aliphatic heterocycles. The fraction of sp³-hybridized carbons (Fsp3) is 0.0870. The second kappa shape index (κ2) is 10.5. The summed E-state index contributed by atoms with van der Waals surface area (Å²) in [4.78, 5) is 34.3. The maximum atomic E-state index is 12.2. The number of hydrogen-bond acceptors (Lipinski definition) is 7. The number of esters is 1. The number of rotatable bonds is 8. The number of carbonyl (C=O) groups is 2. The van der Waals surface area contributed by atoms with Gasteiger partial charge in [0.2, 0.25) is 0 Å². The Hall–Kier alpha value is -4.53. The Balaban J connectivity index is 1.53.